The topological polar surface area (TPSA) is 35.2 Å². The van der Waals surface area contributed by atoms with E-state index >= 15 is 0 Å². The second kappa shape index (κ2) is 6.10. The fourth-order valence-electron chi connectivity index (χ4n) is 1.61. The Labute approximate surface area is 116 Å². The van der Waals surface area contributed by atoms with Gasteiger partial charge in [-0.2, -0.15) is 0 Å². The van der Waals surface area contributed by atoms with E-state index in [9.17, 15) is 0 Å². The SMILES string of the molecule is NCCc1cccc(Oc2ccc(Cl)c(Cl)c2)c1. The van der Waals surface area contributed by atoms with E-state index in [2.05, 4.69) is 0 Å². The van der Waals surface area contributed by atoms with Gasteiger partial charge in [0.2, 0.25) is 0 Å². The normalized spacial score (nSPS) is 10.4. The molecular formula is C14H13Cl2NO. The molecule has 0 unspecified atom stereocenters. The minimum absolute atomic E-state index is 0.479. The van der Waals surface area contributed by atoms with Crippen LogP contribution in [0.25, 0.3) is 0 Å². The summed E-state index contributed by atoms with van der Waals surface area (Å²) in [7, 11) is 0. The summed E-state index contributed by atoms with van der Waals surface area (Å²) >= 11 is 11.8. The van der Waals surface area contributed by atoms with Crippen molar-refractivity contribution in [2.75, 3.05) is 6.54 Å². The average molecular weight is 282 g/mol. The summed E-state index contributed by atoms with van der Waals surface area (Å²) in [4.78, 5) is 0. The van der Waals surface area contributed by atoms with Crippen LogP contribution in [0, 0.1) is 0 Å². The molecule has 2 aromatic rings. The van der Waals surface area contributed by atoms with E-state index in [-0.39, 0.29) is 0 Å². The minimum atomic E-state index is 0.479. The maximum absolute atomic E-state index is 5.93. The first-order valence-electron chi connectivity index (χ1n) is 5.61. The molecule has 0 heterocycles. The molecule has 0 aliphatic heterocycles. The summed E-state index contributed by atoms with van der Waals surface area (Å²) in [6, 6.07) is 13.0. The van der Waals surface area contributed by atoms with Crippen LogP contribution in [0.4, 0.5) is 0 Å². The lowest BCUT2D eigenvalue weighted by Crippen LogP contribution is -2.02. The smallest absolute Gasteiger partial charge is 0.129 e. The van der Waals surface area contributed by atoms with Crippen molar-refractivity contribution >= 4 is 23.2 Å². The van der Waals surface area contributed by atoms with Gasteiger partial charge in [0, 0.05) is 6.07 Å². The molecule has 0 bridgehead atoms. The first kappa shape index (κ1) is 13.2. The molecule has 2 aromatic carbocycles. The van der Waals surface area contributed by atoms with Crippen molar-refractivity contribution in [2.24, 2.45) is 5.73 Å². The third kappa shape index (κ3) is 3.39. The first-order valence-corrected chi connectivity index (χ1v) is 6.36. The Kier molecular flexibility index (Phi) is 4.48. The molecule has 0 atom stereocenters. The summed E-state index contributed by atoms with van der Waals surface area (Å²) in [6.07, 6.45) is 0.832. The second-order valence-corrected chi connectivity index (χ2v) is 4.68. The molecule has 2 rings (SSSR count). The summed E-state index contributed by atoms with van der Waals surface area (Å²) in [5.74, 6) is 1.42. The van der Waals surface area contributed by atoms with Gasteiger partial charge in [0.1, 0.15) is 11.5 Å². The number of ether oxygens (including phenoxy) is 1. The van der Waals surface area contributed by atoms with Crippen LogP contribution in [-0.2, 0) is 6.42 Å². The van der Waals surface area contributed by atoms with Gasteiger partial charge in [-0.1, -0.05) is 35.3 Å². The van der Waals surface area contributed by atoms with Crippen LogP contribution in [0.15, 0.2) is 42.5 Å². The molecule has 0 aliphatic carbocycles. The van der Waals surface area contributed by atoms with E-state index in [1.807, 2.05) is 24.3 Å². The fourth-order valence-corrected chi connectivity index (χ4v) is 1.90. The molecule has 0 saturated carbocycles. The van der Waals surface area contributed by atoms with Gasteiger partial charge in [-0.15, -0.1) is 0 Å². The highest BCUT2D eigenvalue weighted by molar-refractivity contribution is 6.42. The lowest BCUT2D eigenvalue weighted by molar-refractivity contribution is 0.482. The Morgan fingerprint density at radius 2 is 1.72 bits per heavy atom. The zero-order chi connectivity index (χ0) is 13.0. The predicted octanol–water partition coefficient (Wildman–Crippen LogP) is 4.29. The van der Waals surface area contributed by atoms with Gasteiger partial charge in [0.25, 0.3) is 0 Å². The molecule has 0 saturated heterocycles. The molecule has 0 fully saturated rings. The molecule has 94 valence electrons. The van der Waals surface area contributed by atoms with Crippen LogP contribution in [0.2, 0.25) is 10.0 Å². The Bertz CT molecular complexity index is 543. The zero-order valence-electron chi connectivity index (χ0n) is 9.70. The molecule has 0 radical (unpaired) electrons. The summed E-state index contributed by atoms with van der Waals surface area (Å²) in [5, 5.41) is 0.994. The average Bonchev–Trinajstić information content (AvgIpc) is 2.35. The first-order chi connectivity index (χ1) is 8.69. The number of halogens is 2. The lowest BCUT2D eigenvalue weighted by atomic mass is 10.1. The third-order valence-electron chi connectivity index (χ3n) is 2.46. The molecule has 18 heavy (non-hydrogen) atoms. The quantitative estimate of drug-likeness (QED) is 0.908. The summed E-state index contributed by atoms with van der Waals surface area (Å²) < 4.78 is 5.72. The maximum Gasteiger partial charge on any atom is 0.129 e. The minimum Gasteiger partial charge on any atom is -0.457 e. The van der Waals surface area contributed by atoms with Gasteiger partial charge in [0.15, 0.2) is 0 Å². The molecule has 4 heteroatoms. The number of benzene rings is 2. The van der Waals surface area contributed by atoms with Crippen LogP contribution < -0.4 is 10.5 Å². The number of rotatable bonds is 4. The van der Waals surface area contributed by atoms with E-state index in [0.29, 0.717) is 22.3 Å². The van der Waals surface area contributed by atoms with E-state index in [1.54, 1.807) is 18.2 Å². The highest BCUT2D eigenvalue weighted by Gasteiger charge is 2.02. The summed E-state index contributed by atoms with van der Waals surface area (Å²) in [5.41, 5.74) is 6.67. The third-order valence-corrected chi connectivity index (χ3v) is 3.20. The van der Waals surface area contributed by atoms with Crippen molar-refractivity contribution in [3.05, 3.63) is 58.1 Å². The van der Waals surface area contributed by atoms with Gasteiger partial charge in [-0.05, 0) is 42.8 Å². The van der Waals surface area contributed by atoms with Gasteiger partial charge in [0.05, 0.1) is 10.0 Å². The number of hydrogen-bond acceptors (Lipinski definition) is 2. The van der Waals surface area contributed by atoms with Crippen molar-refractivity contribution < 1.29 is 4.74 Å². The van der Waals surface area contributed by atoms with Crippen LogP contribution in [0.3, 0.4) is 0 Å². The second-order valence-electron chi connectivity index (χ2n) is 3.86. The lowest BCUT2D eigenvalue weighted by Gasteiger charge is -2.08. The Hall–Kier alpha value is -1.22. The zero-order valence-corrected chi connectivity index (χ0v) is 11.2. The Morgan fingerprint density at radius 3 is 2.44 bits per heavy atom. The molecule has 0 aromatic heterocycles. The summed E-state index contributed by atoms with van der Waals surface area (Å²) in [6.45, 7) is 0.621. The van der Waals surface area contributed by atoms with Crippen molar-refractivity contribution in [1.82, 2.24) is 0 Å². The van der Waals surface area contributed by atoms with Crippen molar-refractivity contribution in [2.45, 2.75) is 6.42 Å². The van der Waals surface area contributed by atoms with Crippen LogP contribution >= 0.6 is 23.2 Å². The van der Waals surface area contributed by atoms with Crippen molar-refractivity contribution in [3.8, 4) is 11.5 Å². The standard InChI is InChI=1S/C14H13Cl2NO/c15-13-5-4-12(9-14(13)16)18-11-3-1-2-10(8-11)6-7-17/h1-5,8-9H,6-7,17H2. The van der Waals surface area contributed by atoms with Gasteiger partial charge in [-0.25, -0.2) is 0 Å². The van der Waals surface area contributed by atoms with Crippen LogP contribution in [-0.4, -0.2) is 6.54 Å². The van der Waals surface area contributed by atoms with E-state index in [1.165, 1.54) is 0 Å². The monoisotopic (exact) mass is 281 g/mol. The van der Waals surface area contributed by atoms with E-state index in [0.717, 1.165) is 17.7 Å². The van der Waals surface area contributed by atoms with Crippen LogP contribution in [0.1, 0.15) is 5.56 Å². The molecule has 2 nitrogen and oxygen atoms in total. The Balaban J connectivity index is 2.17. The maximum atomic E-state index is 5.93. The molecular weight excluding hydrogens is 269 g/mol. The fraction of sp³-hybridized carbons (Fsp3) is 0.143. The van der Waals surface area contributed by atoms with E-state index < -0.39 is 0 Å². The van der Waals surface area contributed by atoms with Crippen LogP contribution in [0.5, 0.6) is 11.5 Å². The predicted molar refractivity (Wildman–Crippen MR) is 75.7 cm³/mol. The number of nitrogens with two attached hydrogens (primary N) is 1. The molecule has 0 aliphatic rings. The Morgan fingerprint density at radius 1 is 0.944 bits per heavy atom. The highest BCUT2D eigenvalue weighted by Crippen LogP contribution is 2.29. The van der Waals surface area contributed by atoms with Crippen molar-refractivity contribution in [3.63, 3.8) is 0 Å². The molecule has 0 spiro atoms. The molecule has 0 amide bonds. The number of hydrogen-bond donors (Lipinski definition) is 1. The highest BCUT2D eigenvalue weighted by atomic mass is 35.5. The van der Waals surface area contributed by atoms with Crippen molar-refractivity contribution in [1.29, 1.82) is 0 Å². The van der Waals surface area contributed by atoms with Gasteiger partial charge in [-0.3, -0.25) is 0 Å². The van der Waals surface area contributed by atoms with Gasteiger partial charge >= 0.3 is 0 Å². The molecule has 2 N–H and O–H groups in total. The largest absolute Gasteiger partial charge is 0.457 e. The van der Waals surface area contributed by atoms with E-state index in [4.69, 9.17) is 33.7 Å². The van der Waals surface area contributed by atoms with Gasteiger partial charge < -0.3 is 10.5 Å².